The Bertz CT molecular complexity index is 764. The second-order valence-corrected chi connectivity index (χ2v) is 10.3. The van der Waals surface area contributed by atoms with Gasteiger partial charge in [-0.1, -0.05) is 20.4 Å². The number of carbonyl (C=O) groups excluding carboxylic acids is 1. The van der Waals surface area contributed by atoms with Crippen LogP contribution in [-0.4, -0.2) is 63.7 Å². The second kappa shape index (κ2) is 5.25. The third kappa shape index (κ3) is 1.59. The van der Waals surface area contributed by atoms with E-state index in [9.17, 15) is 25.2 Å². The van der Waals surface area contributed by atoms with E-state index < -0.39 is 70.2 Å². The van der Waals surface area contributed by atoms with E-state index in [1.165, 1.54) is 7.11 Å². The molecule has 6 rings (SSSR count). The number of hydrogen-bond acceptors (Lipinski definition) is 7. The molecular formula is C21H30O7. The molecule has 6 aliphatic rings. The maximum atomic E-state index is 13.5. The first-order chi connectivity index (χ1) is 13.0. The van der Waals surface area contributed by atoms with Gasteiger partial charge in [0, 0.05) is 18.9 Å². The number of Topliss-reactive ketones (excluding diaryl/α,β-unsaturated/α-hetero) is 1. The van der Waals surface area contributed by atoms with Crippen molar-refractivity contribution in [3.63, 3.8) is 0 Å². The summed E-state index contributed by atoms with van der Waals surface area (Å²) in [5.74, 6) is -4.34. The molecule has 0 amide bonds. The number of fused-ring (bicyclic) bond motifs is 2. The van der Waals surface area contributed by atoms with Gasteiger partial charge in [0.25, 0.3) is 0 Å². The van der Waals surface area contributed by atoms with Crippen LogP contribution in [0.25, 0.3) is 0 Å². The van der Waals surface area contributed by atoms with Crippen molar-refractivity contribution in [3.8, 4) is 0 Å². The molecule has 0 aromatic rings. The average molecular weight is 394 g/mol. The summed E-state index contributed by atoms with van der Waals surface area (Å²) in [5.41, 5.74) is -2.98. The quantitative estimate of drug-likeness (QED) is 0.474. The second-order valence-electron chi connectivity index (χ2n) is 10.3. The Morgan fingerprint density at radius 3 is 2.46 bits per heavy atom. The smallest absolute Gasteiger partial charge is 0.211 e. The topological polar surface area (TPSA) is 116 Å². The molecule has 2 aliphatic heterocycles. The zero-order valence-corrected chi connectivity index (χ0v) is 16.6. The van der Waals surface area contributed by atoms with Crippen LogP contribution < -0.4 is 0 Å². The number of ether oxygens (including phenoxy) is 2. The Kier molecular flexibility index (Phi) is 3.59. The standard InChI is InChI=1S/C21H30O7/c1-9-10-5-6-11-19-12(22)7-8-18(2,3)13(19)16(25)21(26,28-17(19)27-4)20(11,14(9)23)15(10)24/h10-13,15-17,22,24-26H,1,5-8H2,2-4H3/t10-,11-,12-,13+,15-,16-,17-,19+,20-,21?/m0/s1. The minimum Gasteiger partial charge on any atom is -0.392 e. The number of rotatable bonds is 1. The molecule has 1 unspecified atom stereocenters. The Balaban J connectivity index is 1.85. The minimum atomic E-state index is -2.30. The van der Waals surface area contributed by atoms with Crippen molar-refractivity contribution in [3.05, 3.63) is 12.2 Å². The largest absolute Gasteiger partial charge is 0.392 e. The molecule has 0 aromatic heterocycles. The molecule has 156 valence electrons. The van der Waals surface area contributed by atoms with E-state index in [2.05, 4.69) is 6.58 Å². The zero-order chi connectivity index (χ0) is 20.4. The fraction of sp³-hybridized carbons (Fsp3) is 0.857. The van der Waals surface area contributed by atoms with Crippen LogP contribution in [0, 0.1) is 34.0 Å². The van der Waals surface area contributed by atoms with Gasteiger partial charge in [0.1, 0.15) is 11.5 Å². The van der Waals surface area contributed by atoms with Gasteiger partial charge in [-0.2, -0.15) is 0 Å². The summed E-state index contributed by atoms with van der Waals surface area (Å²) in [6.07, 6.45) is -2.32. The highest BCUT2D eigenvalue weighted by Crippen LogP contribution is 2.77. The maximum absolute atomic E-state index is 13.5. The number of carbonyl (C=O) groups is 1. The highest BCUT2D eigenvalue weighted by molar-refractivity contribution is 6.05. The number of methoxy groups -OCH3 is 1. The molecule has 2 spiro atoms. The monoisotopic (exact) mass is 394 g/mol. The lowest BCUT2D eigenvalue weighted by molar-refractivity contribution is -0.509. The third-order valence-electron chi connectivity index (χ3n) is 9.12. The predicted molar refractivity (Wildman–Crippen MR) is 96.6 cm³/mol. The Morgan fingerprint density at radius 2 is 1.82 bits per heavy atom. The lowest BCUT2D eigenvalue weighted by Gasteiger charge is -2.76. The first-order valence-electron chi connectivity index (χ1n) is 10.2. The molecule has 0 aromatic carbocycles. The van der Waals surface area contributed by atoms with Gasteiger partial charge in [-0.3, -0.25) is 4.79 Å². The predicted octanol–water partition coefficient (Wildman–Crippen LogP) is 0.348. The molecule has 4 saturated carbocycles. The molecule has 6 fully saturated rings. The van der Waals surface area contributed by atoms with E-state index in [1.807, 2.05) is 13.8 Å². The van der Waals surface area contributed by atoms with Crippen molar-refractivity contribution in [2.75, 3.05) is 7.11 Å². The number of aliphatic hydroxyl groups excluding tert-OH is 3. The van der Waals surface area contributed by atoms with Crippen LogP contribution in [0.3, 0.4) is 0 Å². The van der Waals surface area contributed by atoms with Crippen molar-refractivity contribution in [1.82, 2.24) is 0 Å². The highest BCUT2D eigenvalue weighted by atomic mass is 16.8. The van der Waals surface area contributed by atoms with E-state index in [-0.39, 0.29) is 5.57 Å². The normalized spacial score (nSPS) is 59.2. The summed E-state index contributed by atoms with van der Waals surface area (Å²) in [6, 6.07) is 0. The molecule has 0 radical (unpaired) electrons. The Hall–Kier alpha value is -0.830. The van der Waals surface area contributed by atoms with Crippen LogP contribution in [0.1, 0.15) is 39.5 Å². The summed E-state index contributed by atoms with van der Waals surface area (Å²) < 4.78 is 11.6. The third-order valence-corrected chi connectivity index (χ3v) is 9.12. The first kappa shape index (κ1) is 19.2. The summed E-state index contributed by atoms with van der Waals surface area (Å²) >= 11 is 0. The summed E-state index contributed by atoms with van der Waals surface area (Å²) in [4.78, 5) is 13.5. The van der Waals surface area contributed by atoms with Crippen molar-refractivity contribution in [2.45, 2.75) is 69.9 Å². The summed E-state index contributed by atoms with van der Waals surface area (Å²) in [5, 5.41) is 45.9. The van der Waals surface area contributed by atoms with Gasteiger partial charge in [-0.25, -0.2) is 0 Å². The lowest BCUT2D eigenvalue weighted by atomic mass is 9.35. The van der Waals surface area contributed by atoms with Crippen molar-refractivity contribution in [1.29, 1.82) is 0 Å². The van der Waals surface area contributed by atoms with Gasteiger partial charge in [0.15, 0.2) is 12.1 Å². The van der Waals surface area contributed by atoms with E-state index in [0.29, 0.717) is 25.7 Å². The fourth-order valence-corrected chi connectivity index (χ4v) is 8.19. The average Bonchev–Trinajstić information content (AvgIpc) is 2.75. The maximum Gasteiger partial charge on any atom is 0.211 e. The van der Waals surface area contributed by atoms with Gasteiger partial charge >= 0.3 is 0 Å². The van der Waals surface area contributed by atoms with Crippen LogP contribution in [0.15, 0.2) is 12.2 Å². The Morgan fingerprint density at radius 1 is 1.14 bits per heavy atom. The molecule has 4 aliphatic carbocycles. The molecule has 2 saturated heterocycles. The van der Waals surface area contributed by atoms with Crippen molar-refractivity contribution in [2.24, 2.45) is 34.0 Å². The molecule has 4 bridgehead atoms. The molecule has 7 nitrogen and oxygen atoms in total. The number of aliphatic hydroxyl groups is 4. The van der Waals surface area contributed by atoms with Gasteiger partial charge in [0.2, 0.25) is 5.79 Å². The zero-order valence-electron chi connectivity index (χ0n) is 16.6. The van der Waals surface area contributed by atoms with Crippen molar-refractivity contribution >= 4 is 5.78 Å². The fourth-order valence-electron chi connectivity index (χ4n) is 8.19. The summed E-state index contributed by atoms with van der Waals surface area (Å²) in [6.45, 7) is 7.91. The molecular weight excluding hydrogens is 364 g/mol. The molecule has 10 atom stereocenters. The van der Waals surface area contributed by atoms with E-state index >= 15 is 0 Å². The number of ketones is 1. The summed E-state index contributed by atoms with van der Waals surface area (Å²) in [7, 11) is 1.45. The van der Waals surface area contributed by atoms with Gasteiger partial charge in [0.05, 0.1) is 17.6 Å². The SMILES string of the molecule is C=C1C(=O)[C@]23[C@@H](O)[C@H]1CC[C@H]2[C@]12[C@@H](OC)OC3(O)[C@@H](O)[C@@H]1C(C)(C)CC[C@@H]2O. The number of hydrogen-bond donors (Lipinski definition) is 4. The van der Waals surface area contributed by atoms with Gasteiger partial charge in [-0.05, 0) is 42.6 Å². The minimum absolute atomic E-state index is 0.276. The highest BCUT2D eigenvalue weighted by Gasteiger charge is 2.89. The first-order valence-corrected chi connectivity index (χ1v) is 10.2. The van der Waals surface area contributed by atoms with E-state index in [4.69, 9.17) is 9.47 Å². The van der Waals surface area contributed by atoms with Crippen LogP contribution >= 0.6 is 0 Å². The van der Waals surface area contributed by atoms with E-state index in [0.717, 1.165) is 0 Å². The van der Waals surface area contributed by atoms with Gasteiger partial charge < -0.3 is 29.9 Å². The van der Waals surface area contributed by atoms with Crippen LogP contribution in [0.5, 0.6) is 0 Å². The van der Waals surface area contributed by atoms with Crippen LogP contribution in [-0.2, 0) is 14.3 Å². The van der Waals surface area contributed by atoms with Crippen molar-refractivity contribution < 1.29 is 34.7 Å². The van der Waals surface area contributed by atoms with E-state index in [1.54, 1.807) is 0 Å². The lowest BCUT2D eigenvalue weighted by Crippen LogP contribution is -2.87. The molecule has 7 heteroatoms. The molecule has 2 heterocycles. The van der Waals surface area contributed by atoms with Gasteiger partial charge in [-0.15, -0.1) is 0 Å². The molecule has 28 heavy (non-hydrogen) atoms. The Labute approximate surface area is 164 Å². The molecule has 4 N–H and O–H groups in total. The van der Waals surface area contributed by atoms with Crippen LogP contribution in [0.4, 0.5) is 0 Å². The van der Waals surface area contributed by atoms with Crippen LogP contribution in [0.2, 0.25) is 0 Å².